The van der Waals surface area contributed by atoms with E-state index >= 15 is 0 Å². The van der Waals surface area contributed by atoms with Crippen molar-refractivity contribution in [3.05, 3.63) is 0 Å². The highest BCUT2D eigenvalue weighted by Gasteiger charge is 1.96. The third-order valence-electron chi connectivity index (χ3n) is 0.895. The fourth-order valence-electron chi connectivity index (χ4n) is 0.314. The van der Waals surface area contributed by atoms with Gasteiger partial charge in [0.2, 0.25) is 0 Å². The molecular weight excluding hydrogens is 136 g/mol. The summed E-state index contributed by atoms with van der Waals surface area (Å²) in [6, 6.07) is 0. The SMILES string of the molecule is CC#CCC(C)S(=O)[O-]. The minimum absolute atomic E-state index is 0.336. The van der Waals surface area contributed by atoms with Crippen LogP contribution in [0.25, 0.3) is 0 Å². The zero-order valence-electron chi connectivity index (χ0n) is 5.51. The highest BCUT2D eigenvalue weighted by atomic mass is 32.2. The van der Waals surface area contributed by atoms with Crippen LogP contribution in [0.5, 0.6) is 0 Å². The summed E-state index contributed by atoms with van der Waals surface area (Å²) in [7, 11) is 0. The van der Waals surface area contributed by atoms with E-state index in [0.29, 0.717) is 6.42 Å². The van der Waals surface area contributed by atoms with E-state index in [0.717, 1.165) is 0 Å². The van der Waals surface area contributed by atoms with Crippen LogP contribution in [0.1, 0.15) is 20.3 Å². The van der Waals surface area contributed by atoms with Crippen LogP contribution in [0, 0.1) is 11.8 Å². The lowest BCUT2D eigenvalue weighted by Crippen LogP contribution is -2.07. The van der Waals surface area contributed by atoms with Gasteiger partial charge in [-0.05, 0) is 6.92 Å². The molecule has 0 rings (SSSR count). The molecule has 0 saturated carbocycles. The van der Waals surface area contributed by atoms with Crippen molar-refractivity contribution in [1.29, 1.82) is 0 Å². The van der Waals surface area contributed by atoms with Gasteiger partial charge in [-0.3, -0.25) is 4.21 Å². The van der Waals surface area contributed by atoms with E-state index in [1.807, 2.05) is 0 Å². The van der Waals surface area contributed by atoms with Gasteiger partial charge in [-0.1, -0.05) is 18.0 Å². The Morgan fingerprint density at radius 3 is 2.67 bits per heavy atom. The average molecular weight is 145 g/mol. The van der Waals surface area contributed by atoms with Crippen molar-refractivity contribution in [1.82, 2.24) is 0 Å². The molecule has 0 aliphatic rings. The van der Waals surface area contributed by atoms with Crippen molar-refractivity contribution in [3.8, 4) is 11.8 Å². The Hall–Kier alpha value is -0.330. The maximum absolute atomic E-state index is 10.1. The van der Waals surface area contributed by atoms with Gasteiger partial charge in [-0.25, -0.2) is 0 Å². The Morgan fingerprint density at radius 2 is 2.33 bits per heavy atom. The largest absolute Gasteiger partial charge is 0.772 e. The Labute approximate surface area is 57.9 Å². The molecule has 0 heterocycles. The fraction of sp³-hybridized carbons (Fsp3) is 0.667. The van der Waals surface area contributed by atoms with E-state index in [2.05, 4.69) is 11.8 Å². The standard InChI is InChI=1S/C6H10O2S/c1-3-4-5-6(2)9(7)8/h6H,5H2,1-2H3,(H,7,8)/p-1. The van der Waals surface area contributed by atoms with E-state index < -0.39 is 11.1 Å². The molecule has 0 fully saturated rings. The summed E-state index contributed by atoms with van der Waals surface area (Å²) in [6.07, 6.45) is 0.437. The van der Waals surface area contributed by atoms with Gasteiger partial charge in [0.05, 0.1) is 0 Å². The molecule has 0 aromatic rings. The van der Waals surface area contributed by atoms with Crippen molar-refractivity contribution in [3.63, 3.8) is 0 Å². The van der Waals surface area contributed by atoms with Crippen molar-refractivity contribution >= 4 is 11.1 Å². The van der Waals surface area contributed by atoms with Crippen LogP contribution < -0.4 is 0 Å². The Morgan fingerprint density at radius 1 is 1.78 bits per heavy atom. The zero-order chi connectivity index (χ0) is 7.28. The Kier molecular flexibility index (Phi) is 4.37. The predicted molar refractivity (Wildman–Crippen MR) is 36.4 cm³/mol. The van der Waals surface area contributed by atoms with Crippen LogP contribution in [-0.2, 0) is 11.1 Å². The lowest BCUT2D eigenvalue weighted by molar-refractivity contribution is 0.526. The molecule has 0 amide bonds. The van der Waals surface area contributed by atoms with Crippen LogP contribution in [0.2, 0.25) is 0 Å². The first-order chi connectivity index (χ1) is 4.18. The molecule has 0 bridgehead atoms. The Bertz CT molecular complexity index is 154. The normalized spacial score (nSPS) is 15.4. The first-order valence-electron chi connectivity index (χ1n) is 2.66. The van der Waals surface area contributed by atoms with Crippen molar-refractivity contribution in [2.24, 2.45) is 0 Å². The topological polar surface area (TPSA) is 40.1 Å². The summed E-state index contributed by atoms with van der Waals surface area (Å²) in [4.78, 5) is 0. The maximum Gasteiger partial charge on any atom is 0.0296 e. The molecule has 2 unspecified atom stereocenters. The summed E-state index contributed by atoms with van der Waals surface area (Å²) in [5, 5.41) is -0.336. The van der Waals surface area contributed by atoms with Crippen molar-refractivity contribution in [2.45, 2.75) is 25.5 Å². The molecule has 0 spiro atoms. The second-order valence-corrected chi connectivity index (χ2v) is 3.03. The molecule has 0 N–H and O–H groups in total. The van der Waals surface area contributed by atoms with E-state index in [4.69, 9.17) is 0 Å². The minimum atomic E-state index is -1.96. The van der Waals surface area contributed by atoms with Gasteiger partial charge in [0.15, 0.2) is 0 Å². The molecule has 2 nitrogen and oxygen atoms in total. The van der Waals surface area contributed by atoms with Crippen LogP contribution in [0.15, 0.2) is 0 Å². The minimum Gasteiger partial charge on any atom is -0.772 e. The third-order valence-corrected chi connectivity index (χ3v) is 1.72. The van der Waals surface area contributed by atoms with Crippen LogP contribution in [0.3, 0.4) is 0 Å². The fourth-order valence-corrected chi connectivity index (χ4v) is 0.533. The predicted octanol–water partition coefficient (Wildman–Crippen LogP) is 0.667. The Balaban J connectivity index is 3.59. The second kappa shape index (κ2) is 4.54. The molecule has 0 aromatic carbocycles. The molecule has 0 aliphatic heterocycles. The van der Waals surface area contributed by atoms with Gasteiger partial charge in [0, 0.05) is 11.7 Å². The number of rotatable bonds is 2. The summed E-state index contributed by atoms with van der Waals surface area (Å²) in [5.74, 6) is 5.32. The maximum atomic E-state index is 10.1. The van der Waals surface area contributed by atoms with Gasteiger partial charge < -0.3 is 4.55 Å². The third kappa shape index (κ3) is 4.19. The molecule has 0 aliphatic carbocycles. The van der Waals surface area contributed by atoms with Gasteiger partial charge in [-0.15, -0.1) is 11.8 Å². The summed E-state index contributed by atoms with van der Waals surface area (Å²) in [6.45, 7) is 3.33. The van der Waals surface area contributed by atoms with Crippen molar-refractivity contribution < 1.29 is 8.76 Å². The number of hydrogen-bond donors (Lipinski definition) is 0. The van der Waals surface area contributed by atoms with Gasteiger partial charge in [0.25, 0.3) is 0 Å². The molecule has 2 atom stereocenters. The van der Waals surface area contributed by atoms with Crippen LogP contribution in [-0.4, -0.2) is 14.0 Å². The first-order valence-corrected chi connectivity index (χ1v) is 3.80. The quantitative estimate of drug-likeness (QED) is 0.423. The summed E-state index contributed by atoms with van der Waals surface area (Å²) >= 11 is -1.96. The average Bonchev–Trinajstić information content (AvgIpc) is 1.82. The highest BCUT2D eigenvalue weighted by molar-refractivity contribution is 7.79. The lowest BCUT2D eigenvalue weighted by atomic mass is 10.3. The van der Waals surface area contributed by atoms with Crippen LogP contribution in [0.4, 0.5) is 0 Å². The van der Waals surface area contributed by atoms with E-state index in [1.54, 1.807) is 13.8 Å². The van der Waals surface area contributed by atoms with Gasteiger partial charge in [-0.2, -0.15) is 0 Å². The molecule has 0 aromatic heterocycles. The first kappa shape index (κ1) is 8.67. The summed E-state index contributed by atoms with van der Waals surface area (Å²) < 4.78 is 20.3. The second-order valence-electron chi connectivity index (χ2n) is 1.70. The zero-order valence-corrected chi connectivity index (χ0v) is 6.33. The van der Waals surface area contributed by atoms with E-state index in [-0.39, 0.29) is 5.25 Å². The highest BCUT2D eigenvalue weighted by Crippen LogP contribution is 1.95. The molecule has 9 heavy (non-hydrogen) atoms. The van der Waals surface area contributed by atoms with E-state index in [9.17, 15) is 8.76 Å². The van der Waals surface area contributed by atoms with Crippen LogP contribution >= 0.6 is 0 Å². The number of hydrogen-bond acceptors (Lipinski definition) is 2. The molecule has 0 radical (unpaired) electrons. The molecule has 52 valence electrons. The summed E-state index contributed by atoms with van der Waals surface area (Å²) in [5.41, 5.74) is 0. The van der Waals surface area contributed by atoms with E-state index in [1.165, 1.54) is 0 Å². The molecular formula is C6H9O2S-. The van der Waals surface area contributed by atoms with Gasteiger partial charge in [0.1, 0.15) is 0 Å². The lowest BCUT2D eigenvalue weighted by Gasteiger charge is -2.09. The smallest absolute Gasteiger partial charge is 0.0296 e. The molecule has 3 heteroatoms. The molecule has 0 saturated heterocycles. The monoisotopic (exact) mass is 145 g/mol. The van der Waals surface area contributed by atoms with Gasteiger partial charge >= 0.3 is 0 Å². The van der Waals surface area contributed by atoms with Crippen molar-refractivity contribution in [2.75, 3.05) is 0 Å².